The molecule has 0 aromatic heterocycles. The number of rotatable bonds is 36. The summed E-state index contributed by atoms with van der Waals surface area (Å²) in [6.45, 7) is 2.27. The van der Waals surface area contributed by atoms with Crippen molar-refractivity contribution in [2.24, 2.45) is 17.6 Å². The topological polar surface area (TPSA) is 229 Å². The maximum Gasteiger partial charge on any atom is 0.472 e. The van der Waals surface area contributed by atoms with Crippen LogP contribution in [-0.4, -0.2) is 88.1 Å². The lowest BCUT2D eigenvalue weighted by Gasteiger charge is -2.20. The highest BCUT2D eigenvalue weighted by Crippen LogP contribution is 2.43. The zero-order chi connectivity index (χ0) is 45.1. The molecule has 0 aromatic carbocycles. The van der Waals surface area contributed by atoms with Crippen molar-refractivity contribution in [3.8, 4) is 0 Å². The van der Waals surface area contributed by atoms with Gasteiger partial charge in [-0.15, -0.1) is 0 Å². The fourth-order valence-corrected chi connectivity index (χ4v) is 7.13. The smallest absolute Gasteiger partial charge is 0.472 e. The van der Waals surface area contributed by atoms with E-state index in [2.05, 4.69) is 67.0 Å². The van der Waals surface area contributed by atoms with Crippen LogP contribution in [0.3, 0.4) is 0 Å². The number of aliphatic carboxylic acids is 1. The number of unbranched alkanes of at least 4 members (excludes halogenated alkanes) is 6. The van der Waals surface area contributed by atoms with Gasteiger partial charge in [-0.3, -0.25) is 28.2 Å². The van der Waals surface area contributed by atoms with E-state index in [4.69, 9.17) is 24.8 Å². The minimum absolute atomic E-state index is 0.0173. The van der Waals surface area contributed by atoms with E-state index in [-0.39, 0.29) is 36.9 Å². The Morgan fingerprint density at radius 1 is 0.787 bits per heavy atom. The summed E-state index contributed by atoms with van der Waals surface area (Å²) >= 11 is 0. The van der Waals surface area contributed by atoms with Crippen LogP contribution in [0.15, 0.2) is 72.9 Å². The summed E-state index contributed by atoms with van der Waals surface area (Å²) in [4.78, 5) is 58.8. The van der Waals surface area contributed by atoms with Gasteiger partial charge in [0.2, 0.25) is 0 Å². The van der Waals surface area contributed by atoms with Gasteiger partial charge in [-0.25, -0.2) is 4.57 Å². The SMILES string of the molecule is CC/C=C\C/C=C\C/C=C\C/C=C\C/C=C\CCCC(=O)O[C@H](COC(=O)CCCCCC[C@H]1C(=O)C[C@@H](O)[C@@H]1/C=C/[C@@H](O)CCCCC)COP(=O)(O)OC[C@H](N)C(=O)O. The van der Waals surface area contributed by atoms with Crippen molar-refractivity contribution >= 4 is 31.5 Å². The van der Waals surface area contributed by atoms with E-state index in [0.717, 1.165) is 64.2 Å². The van der Waals surface area contributed by atoms with E-state index >= 15 is 0 Å². The zero-order valence-corrected chi connectivity index (χ0v) is 37.3. The van der Waals surface area contributed by atoms with Crippen LogP contribution < -0.4 is 5.73 Å². The highest BCUT2D eigenvalue weighted by atomic mass is 31.2. The number of Topliss-reactive ketones (excluding diaryl/α,β-unsaturated/α-hetero) is 1. The van der Waals surface area contributed by atoms with Gasteiger partial charge in [0.25, 0.3) is 0 Å². The Morgan fingerprint density at radius 3 is 2.00 bits per heavy atom. The van der Waals surface area contributed by atoms with Crippen molar-refractivity contribution < 1.29 is 62.5 Å². The Kier molecular flexibility index (Phi) is 31.9. The number of ether oxygens (including phenoxy) is 2. The Labute approximate surface area is 363 Å². The lowest BCUT2D eigenvalue weighted by atomic mass is 9.88. The Morgan fingerprint density at radius 2 is 1.38 bits per heavy atom. The lowest BCUT2D eigenvalue weighted by molar-refractivity contribution is -0.161. The lowest BCUT2D eigenvalue weighted by Crippen LogP contribution is -2.34. The normalized spacial score (nSPS) is 19.8. The highest BCUT2D eigenvalue weighted by molar-refractivity contribution is 7.47. The van der Waals surface area contributed by atoms with Crippen LogP contribution in [-0.2, 0) is 42.3 Å². The van der Waals surface area contributed by atoms with Crippen molar-refractivity contribution in [1.29, 1.82) is 0 Å². The summed E-state index contributed by atoms with van der Waals surface area (Å²) in [7, 11) is -4.80. The second-order valence-electron chi connectivity index (χ2n) is 15.2. The van der Waals surface area contributed by atoms with Crippen molar-refractivity contribution in [3.63, 3.8) is 0 Å². The van der Waals surface area contributed by atoms with Crippen LogP contribution in [0.2, 0.25) is 0 Å². The number of carboxylic acids is 1. The molecule has 1 saturated carbocycles. The molecule has 346 valence electrons. The van der Waals surface area contributed by atoms with Gasteiger partial charge in [0, 0.05) is 31.1 Å². The first-order chi connectivity index (χ1) is 29.3. The number of carbonyl (C=O) groups is 4. The van der Waals surface area contributed by atoms with E-state index in [1.807, 2.05) is 12.2 Å². The third kappa shape index (κ3) is 29.4. The Bertz CT molecular complexity index is 1470. The molecule has 14 nitrogen and oxygen atoms in total. The Hall–Kier alpha value is -3.49. The first kappa shape index (κ1) is 55.5. The van der Waals surface area contributed by atoms with Gasteiger partial charge in [0.05, 0.1) is 25.4 Å². The number of carboxylic acid groups (broad SMARTS) is 1. The molecule has 1 aliphatic rings. The number of hydrogen-bond acceptors (Lipinski definition) is 12. The maximum atomic E-state index is 12.7. The fraction of sp³-hybridized carbons (Fsp3) is 0.652. The minimum Gasteiger partial charge on any atom is -0.480 e. The summed E-state index contributed by atoms with van der Waals surface area (Å²) in [6.07, 6.45) is 34.5. The average Bonchev–Trinajstić information content (AvgIpc) is 3.49. The summed E-state index contributed by atoms with van der Waals surface area (Å²) in [6, 6.07) is -1.57. The first-order valence-electron chi connectivity index (χ1n) is 22.1. The molecular weight excluding hydrogens is 805 g/mol. The highest BCUT2D eigenvalue weighted by Gasteiger charge is 2.39. The average molecular weight is 880 g/mol. The number of ketones is 1. The molecular formula is C46H74NO13P. The van der Waals surface area contributed by atoms with Crippen LogP contribution in [0.4, 0.5) is 0 Å². The van der Waals surface area contributed by atoms with Crippen LogP contribution in [0.25, 0.3) is 0 Å². The molecule has 0 saturated heterocycles. The fourth-order valence-electron chi connectivity index (χ4n) is 6.35. The number of phosphoric ester groups is 1. The number of aliphatic hydroxyl groups is 2. The molecule has 0 heterocycles. The van der Waals surface area contributed by atoms with Gasteiger partial charge in [-0.2, -0.15) is 0 Å². The Balaban J connectivity index is 2.52. The summed E-state index contributed by atoms with van der Waals surface area (Å²) in [5.74, 6) is -3.28. The third-order valence-corrected chi connectivity index (χ3v) is 10.8. The zero-order valence-electron chi connectivity index (χ0n) is 36.4. The number of phosphoric acid groups is 1. The van der Waals surface area contributed by atoms with E-state index in [1.165, 1.54) is 0 Å². The van der Waals surface area contributed by atoms with Gasteiger partial charge in [-0.05, 0) is 64.2 Å². The summed E-state index contributed by atoms with van der Waals surface area (Å²) in [5, 5.41) is 29.6. The molecule has 6 N–H and O–H groups in total. The van der Waals surface area contributed by atoms with Gasteiger partial charge in [0.1, 0.15) is 18.4 Å². The number of carbonyl (C=O) groups excluding carboxylic acids is 3. The summed E-state index contributed by atoms with van der Waals surface area (Å²) < 4.78 is 32.6. The quantitative estimate of drug-likeness (QED) is 0.0173. The molecule has 0 radical (unpaired) electrons. The molecule has 1 aliphatic carbocycles. The van der Waals surface area contributed by atoms with E-state index in [9.17, 15) is 38.8 Å². The van der Waals surface area contributed by atoms with Gasteiger partial charge >= 0.3 is 25.7 Å². The van der Waals surface area contributed by atoms with Gasteiger partial charge in [-0.1, -0.05) is 125 Å². The number of aliphatic hydroxyl groups excluding tert-OH is 2. The predicted octanol–water partition coefficient (Wildman–Crippen LogP) is 8.31. The second kappa shape index (κ2) is 35.0. The van der Waals surface area contributed by atoms with Gasteiger partial charge < -0.3 is 35.4 Å². The van der Waals surface area contributed by atoms with E-state index < -0.39 is 69.9 Å². The minimum atomic E-state index is -4.80. The molecule has 7 atom stereocenters. The maximum absolute atomic E-state index is 12.7. The van der Waals surface area contributed by atoms with Crippen LogP contribution >= 0.6 is 7.82 Å². The first-order valence-corrected chi connectivity index (χ1v) is 23.6. The number of allylic oxidation sites excluding steroid dienone is 10. The molecule has 15 heteroatoms. The van der Waals surface area contributed by atoms with Crippen molar-refractivity contribution in [3.05, 3.63) is 72.9 Å². The van der Waals surface area contributed by atoms with E-state index in [1.54, 1.807) is 12.2 Å². The van der Waals surface area contributed by atoms with Crippen LogP contribution in [0, 0.1) is 11.8 Å². The van der Waals surface area contributed by atoms with E-state index in [0.29, 0.717) is 38.5 Å². The molecule has 0 bridgehead atoms. The number of esters is 2. The second-order valence-corrected chi connectivity index (χ2v) is 16.7. The predicted molar refractivity (Wildman–Crippen MR) is 236 cm³/mol. The standard InChI is InChI=1S/C46H74NO13P/c1-3-5-7-8-9-10-11-12-13-14-15-16-17-18-19-20-26-30-45(52)60-38(35-58-61(55,56)59-36-41(47)46(53)54)34-57-44(51)29-25-22-21-24-28-39-40(43(50)33-42(39)49)32-31-37(48)27-23-6-4-2/h5,7,9-10,12-13,15-16,18-19,31-32,37-41,43,48,50H,3-4,6,8,11,14,17,20-30,33-36,47H2,1-2H3,(H,53,54)(H,55,56)/b7-5-,10-9-,13-12-,16-15-,19-18-,32-31+/t37-,38+,39+,40+,41-,43+/m0/s1. The van der Waals surface area contributed by atoms with Crippen LogP contribution in [0.5, 0.6) is 0 Å². The van der Waals surface area contributed by atoms with Crippen molar-refractivity contribution in [2.45, 2.75) is 160 Å². The number of hydrogen-bond donors (Lipinski definition) is 5. The molecule has 1 rings (SSSR count). The molecule has 0 amide bonds. The molecule has 0 aromatic rings. The van der Waals surface area contributed by atoms with Crippen LogP contribution in [0.1, 0.15) is 136 Å². The molecule has 1 unspecified atom stereocenters. The van der Waals surface area contributed by atoms with Crippen molar-refractivity contribution in [2.75, 3.05) is 19.8 Å². The largest absolute Gasteiger partial charge is 0.480 e. The molecule has 61 heavy (non-hydrogen) atoms. The molecule has 0 aliphatic heterocycles. The molecule has 1 fully saturated rings. The third-order valence-electron chi connectivity index (χ3n) is 9.83. The number of nitrogens with two attached hydrogens (primary N) is 1. The monoisotopic (exact) mass is 879 g/mol. The summed E-state index contributed by atoms with van der Waals surface area (Å²) in [5.41, 5.74) is 5.32. The van der Waals surface area contributed by atoms with Crippen molar-refractivity contribution in [1.82, 2.24) is 0 Å². The van der Waals surface area contributed by atoms with Gasteiger partial charge in [0.15, 0.2) is 6.10 Å². The molecule has 0 spiro atoms.